The number of aromatic nitrogens is 3. The van der Waals surface area contributed by atoms with Crippen molar-refractivity contribution in [3.8, 4) is 17.2 Å². The van der Waals surface area contributed by atoms with Crippen LogP contribution in [0.15, 0.2) is 89.1 Å². The SMILES string of the molecule is C=CC(=O)N1CCC(n2c(=O)n(-c3ccc(Oc4ccccc4)cc3)c3c(=O)[nH]ccc32)C1. The van der Waals surface area contributed by atoms with Gasteiger partial charge in [-0.15, -0.1) is 0 Å². The van der Waals surface area contributed by atoms with Crippen LogP contribution in [0.2, 0.25) is 0 Å². The predicted molar refractivity (Wildman–Crippen MR) is 125 cm³/mol. The highest BCUT2D eigenvalue weighted by Gasteiger charge is 2.30. The molecular formula is C25H22N4O4. The van der Waals surface area contributed by atoms with Gasteiger partial charge in [0, 0.05) is 19.3 Å². The number of ether oxygens (including phenoxy) is 1. The van der Waals surface area contributed by atoms with Gasteiger partial charge in [0.15, 0.2) is 0 Å². The summed E-state index contributed by atoms with van der Waals surface area (Å²) in [5.74, 6) is 1.15. The van der Waals surface area contributed by atoms with Crippen LogP contribution >= 0.6 is 0 Å². The summed E-state index contributed by atoms with van der Waals surface area (Å²) in [4.78, 5) is 42.7. The molecule has 0 aliphatic carbocycles. The van der Waals surface area contributed by atoms with Gasteiger partial charge in [0.05, 0.1) is 17.2 Å². The number of para-hydroxylation sites is 1. The zero-order chi connectivity index (χ0) is 22.9. The summed E-state index contributed by atoms with van der Waals surface area (Å²) >= 11 is 0. The zero-order valence-electron chi connectivity index (χ0n) is 17.8. The van der Waals surface area contributed by atoms with Crippen LogP contribution < -0.4 is 16.0 Å². The lowest BCUT2D eigenvalue weighted by Gasteiger charge is -2.15. The van der Waals surface area contributed by atoms with Crippen LogP contribution in [0.25, 0.3) is 16.7 Å². The fraction of sp³-hybridized carbons (Fsp3) is 0.160. The topological polar surface area (TPSA) is 89.3 Å². The first-order valence-corrected chi connectivity index (χ1v) is 10.7. The van der Waals surface area contributed by atoms with Crippen LogP contribution in [0.4, 0.5) is 0 Å². The van der Waals surface area contributed by atoms with Gasteiger partial charge in [-0.05, 0) is 55.0 Å². The van der Waals surface area contributed by atoms with E-state index in [0.717, 1.165) is 0 Å². The Labute approximate surface area is 189 Å². The van der Waals surface area contributed by atoms with Crippen molar-refractivity contribution in [3.63, 3.8) is 0 Å². The number of likely N-dealkylation sites (tertiary alicyclic amines) is 1. The van der Waals surface area contributed by atoms with Crippen molar-refractivity contribution in [1.82, 2.24) is 19.0 Å². The molecule has 1 unspecified atom stereocenters. The van der Waals surface area contributed by atoms with E-state index in [2.05, 4.69) is 11.6 Å². The third-order valence-corrected chi connectivity index (χ3v) is 5.88. The summed E-state index contributed by atoms with van der Waals surface area (Å²) < 4.78 is 8.87. The number of carbonyl (C=O) groups excluding carboxylic acids is 1. The molecule has 0 spiro atoms. The quantitative estimate of drug-likeness (QED) is 0.481. The molecule has 8 heteroatoms. The lowest BCUT2D eigenvalue weighted by molar-refractivity contribution is -0.125. The summed E-state index contributed by atoms with van der Waals surface area (Å²) in [5, 5.41) is 0. The Kier molecular flexibility index (Phi) is 5.18. The Bertz CT molecular complexity index is 1450. The molecule has 166 valence electrons. The molecule has 0 radical (unpaired) electrons. The minimum absolute atomic E-state index is 0.166. The molecule has 5 rings (SSSR count). The van der Waals surface area contributed by atoms with Gasteiger partial charge in [-0.1, -0.05) is 24.8 Å². The number of carbonyl (C=O) groups is 1. The van der Waals surface area contributed by atoms with Crippen molar-refractivity contribution < 1.29 is 9.53 Å². The Hall–Kier alpha value is -4.33. The molecule has 1 saturated heterocycles. The molecule has 1 fully saturated rings. The van der Waals surface area contributed by atoms with Crippen molar-refractivity contribution in [2.24, 2.45) is 0 Å². The second-order valence-electron chi connectivity index (χ2n) is 7.87. The van der Waals surface area contributed by atoms with Gasteiger partial charge in [0.2, 0.25) is 5.91 Å². The van der Waals surface area contributed by atoms with Gasteiger partial charge in [0.25, 0.3) is 5.56 Å². The van der Waals surface area contributed by atoms with Gasteiger partial charge < -0.3 is 14.6 Å². The van der Waals surface area contributed by atoms with Gasteiger partial charge in [-0.25, -0.2) is 4.79 Å². The Morgan fingerprint density at radius 1 is 1.03 bits per heavy atom. The average molecular weight is 442 g/mol. The van der Waals surface area contributed by atoms with Crippen LogP contribution in [0.3, 0.4) is 0 Å². The standard InChI is InChI=1S/C25H22N4O4/c1-2-22(30)27-15-13-18(16-27)28-21-12-14-26-24(31)23(21)29(25(28)32)17-8-10-20(11-9-17)33-19-6-4-3-5-7-19/h2-12,14,18H,1,13,15-16H2,(H,26,31). The first-order valence-electron chi connectivity index (χ1n) is 10.7. The summed E-state index contributed by atoms with van der Waals surface area (Å²) in [5.41, 5.74) is 0.679. The van der Waals surface area contributed by atoms with Crippen molar-refractivity contribution in [3.05, 3.63) is 100 Å². The second-order valence-corrected chi connectivity index (χ2v) is 7.87. The zero-order valence-corrected chi connectivity index (χ0v) is 17.8. The molecule has 1 atom stereocenters. The van der Waals surface area contributed by atoms with Crippen molar-refractivity contribution in [2.75, 3.05) is 13.1 Å². The molecule has 1 aliphatic heterocycles. The number of fused-ring (bicyclic) bond motifs is 1. The minimum atomic E-state index is -0.356. The van der Waals surface area contributed by atoms with E-state index >= 15 is 0 Å². The van der Waals surface area contributed by atoms with Crippen LogP contribution in [0.1, 0.15) is 12.5 Å². The first-order chi connectivity index (χ1) is 16.1. The molecule has 2 aromatic heterocycles. The normalized spacial score (nSPS) is 15.6. The lowest BCUT2D eigenvalue weighted by Crippen LogP contribution is -2.31. The van der Waals surface area contributed by atoms with Gasteiger partial charge >= 0.3 is 5.69 Å². The number of hydrogen-bond acceptors (Lipinski definition) is 4. The first kappa shape index (κ1) is 20.6. The maximum atomic E-state index is 13.6. The number of pyridine rings is 1. The molecule has 33 heavy (non-hydrogen) atoms. The Morgan fingerprint density at radius 3 is 2.48 bits per heavy atom. The molecule has 1 amide bonds. The molecule has 0 saturated carbocycles. The maximum Gasteiger partial charge on any atom is 0.334 e. The minimum Gasteiger partial charge on any atom is -0.457 e. The van der Waals surface area contributed by atoms with E-state index in [1.54, 1.807) is 39.8 Å². The van der Waals surface area contributed by atoms with Crippen molar-refractivity contribution in [2.45, 2.75) is 12.5 Å². The van der Waals surface area contributed by atoms with E-state index in [1.807, 2.05) is 30.3 Å². The molecule has 2 aromatic carbocycles. The number of nitrogens with zero attached hydrogens (tertiary/aromatic N) is 3. The third kappa shape index (κ3) is 3.65. The van der Waals surface area contributed by atoms with Crippen LogP contribution in [-0.2, 0) is 4.79 Å². The van der Waals surface area contributed by atoms with E-state index in [1.165, 1.54) is 16.8 Å². The molecular weight excluding hydrogens is 420 g/mol. The smallest absolute Gasteiger partial charge is 0.334 e. The lowest BCUT2D eigenvalue weighted by atomic mass is 10.2. The molecule has 3 heterocycles. The third-order valence-electron chi connectivity index (χ3n) is 5.88. The maximum absolute atomic E-state index is 13.6. The average Bonchev–Trinajstić information content (AvgIpc) is 3.43. The summed E-state index contributed by atoms with van der Waals surface area (Å²) in [6, 6.07) is 17.9. The highest BCUT2D eigenvalue weighted by Crippen LogP contribution is 2.27. The summed E-state index contributed by atoms with van der Waals surface area (Å²) in [6.07, 6.45) is 3.43. The predicted octanol–water partition coefficient (Wildman–Crippen LogP) is 3.23. The fourth-order valence-electron chi connectivity index (χ4n) is 4.34. The van der Waals surface area contributed by atoms with Crippen molar-refractivity contribution >= 4 is 16.9 Å². The van der Waals surface area contributed by atoms with E-state index in [9.17, 15) is 14.4 Å². The van der Waals surface area contributed by atoms with Crippen LogP contribution in [0, 0.1) is 0 Å². The number of imidazole rings is 1. The van der Waals surface area contributed by atoms with Crippen LogP contribution in [0.5, 0.6) is 11.5 Å². The van der Waals surface area contributed by atoms with Crippen molar-refractivity contribution in [1.29, 1.82) is 0 Å². The van der Waals surface area contributed by atoms with E-state index in [0.29, 0.717) is 42.2 Å². The molecule has 1 N–H and O–H groups in total. The highest BCUT2D eigenvalue weighted by atomic mass is 16.5. The summed E-state index contributed by atoms with van der Waals surface area (Å²) in [7, 11) is 0. The molecule has 8 nitrogen and oxygen atoms in total. The Balaban J connectivity index is 1.56. The molecule has 0 bridgehead atoms. The monoisotopic (exact) mass is 442 g/mol. The van der Waals surface area contributed by atoms with Gasteiger partial charge in [-0.3, -0.25) is 18.7 Å². The number of amides is 1. The second kappa shape index (κ2) is 8.31. The molecule has 1 aliphatic rings. The van der Waals surface area contributed by atoms with E-state index in [4.69, 9.17) is 4.74 Å². The number of rotatable bonds is 5. The van der Waals surface area contributed by atoms with E-state index in [-0.39, 0.29) is 28.7 Å². The number of benzene rings is 2. The van der Waals surface area contributed by atoms with E-state index < -0.39 is 0 Å². The van der Waals surface area contributed by atoms with Gasteiger partial charge in [0.1, 0.15) is 17.0 Å². The Morgan fingerprint density at radius 2 is 1.76 bits per heavy atom. The van der Waals surface area contributed by atoms with Crippen LogP contribution in [-0.4, -0.2) is 38.0 Å². The number of nitrogens with one attached hydrogen (secondary N) is 1. The number of hydrogen-bond donors (Lipinski definition) is 1. The fourth-order valence-corrected chi connectivity index (χ4v) is 4.34. The highest BCUT2D eigenvalue weighted by molar-refractivity contribution is 5.87. The number of H-pyrrole nitrogens is 1. The van der Waals surface area contributed by atoms with Gasteiger partial charge in [-0.2, -0.15) is 0 Å². The summed E-state index contributed by atoms with van der Waals surface area (Å²) in [6.45, 7) is 4.46. The molecule has 4 aromatic rings. The largest absolute Gasteiger partial charge is 0.457 e. The number of aromatic amines is 1.